The molecular formula is C8H8O3S. The maximum Gasteiger partial charge on any atom is 0.339 e. The van der Waals surface area contributed by atoms with E-state index in [1.807, 2.05) is 0 Å². The molecule has 0 aliphatic rings. The first kappa shape index (κ1) is 8.93. The number of carboxylic acids is 1. The molecule has 0 amide bonds. The number of phenols is 1. The summed E-state index contributed by atoms with van der Waals surface area (Å²) in [5.74, 6) is -1.42. The quantitative estimate of drug-likeness (QED) is 0.582. The number of aromatic hydroxyl groups is 1. The predicted molar refractivity (Wildman–Crippen MR) is 47.1 cm³/mol. The number of aryl methyl sites for hydroxylation is 1. The van der Waals surface area contributed by atoms with Gasteiger partial charge in [-0.1, -0.05) is 6.07 Å². The SMILES string of the molecule is Cc1ccc(C(=O)O)c(O)c1S. The van der Waals surface area contributed by atoms with Gasteiger partial charge in [-0.3, -0.25) is 0 Å². The lowest BCUT2D eigenvalue weighted by atomic mass is 10.1. The molecule has 64 valence electrons. The molecule has 1 rings (SSSR count). The number of hydrogen-bond donors (Lipinski definition) is 3. The monoisotopic (exact) mass is 184 g/mol. The zero-order chi connectivity index (χ0) is 9.30. The van der Waals surface area contributed by atoms with Gasteiger partial charge in [0.25, 0.3) is 0 Å². The summed E-state index contributed by atoms with van der Waals surface area (Å²) in [5, 5.41) is 17.9. The van der Waals surface area contributed by atoms with E-state index in [0.29, 0.717) is 4.90 Å². The van der Waals surface area contributed by atoms with Crippen LogP contribution in [0.1, 0.15) is 15.9 Å². The van der Waals surface area contributed by atoms with E-state index in [2.05, 4.69) is 12.6 Å². The second-order valence-corrected chi connectivity index (χ2v) is 2.88. The Bertz CT molecular complexity index is 333. The predicted octanol–water partition coefficient (Wildman–Crippen LogP) is 1.69. The molecule has 0 heterocycles. The van der Waals surface area contributed by atoms with Crippen LogP contribution in [0.25, 0.3) is 0 Å². The lowest BCUT2D eigenvalue weighted by Gasteiger charge is -2.04. The molecule has 1 aromatic rings. The van der Waals surface area contributed by atoms with Gasteiger partial charge < -0.3 is 10.2 Å². The molecule has 2 N–H and O–H groups in total. The molecule has 4 heteroatoms. The number of benzene rings is 1. The van der Waals surface area contributed by atoms with Crippen LogP contribution < -0.4 is 0 Å². The summed E-state index contributed by atoms with van der Waals surface area (Å²) in [6, 6.07) is 2.96. The van der Waals surface area contributed by atoms with Gasteiger partial charge in [0.1, 0.15) is 11.3 Å². The second-order valence-electron chi connectivity index (χ2n) is 2.43. The average molecular weight is 184 g/mol. The van der Waals surface area contributed by atoms with Crippen molar-refractivity contribution < 1.29 is 15.0 Å². The fraction of sp³-hybridized carbons (Fsp3) is 0.125. The minimum atomic E-state index is -1.15. The van der Waals surface area contributed by atoms with E-state index < -0.39 is 5.97 Å². The van der Waals surface area contributed by atoms with Crippen molar-refractivity contribution in [2.75, 3.05) is 0 Å². The third kappa shape index (κ3) is 1.38. The van der Waals surface area contributed by atoms with Crippen LogP contribution in [0.2, 0.25) is 0 Å². The van der Waals surface area contributed by atoms with Crippen LogP contribution in [-0.4, -0.2) is 16.2 Å². The highest BCUT2D eigenvalue weighted by Crippen LogP contribution is 2.28. The van der Waals surface area contributed by atoms with Crippen LogP contribution in [0.4, 0.5) is 0 Å². The standard InChI is InChI=1S/C8H8O3S/c1-4-2-3-5(8(10)11)6(9)7(4)12/h2-3,9,12H,1H3,(H,10,11). The van der Waals surface area contributed by atoms with Gasteiger partial charge in [0.15, 0.2) is 0 Å². The summed E-state index contributed by atoms with van der Waals surface area (Å²) in [6.07, 6.45) is 0. The summed E-state index contributed by atoms with van der Waals surface area (Å²) in [5.41, 5.74) is 0.631. The van der Waals surface area contributed by atoms with Gasteiger partial charge >= 0.3 is 5.97 Å². The van der Waals surface area contributed by atoms with Crippen molar-refractivity contribution >= 4 is 18.6 Å². The Morgan fingerprint density at radius 1 is 1.50 bits per heavy atom. The maximum atomic E-state index is 10.5. The minimum Gasteiger partial charge on any atom is -0.506 e. The Morgan fingerprint density at radius 3 is 2.58 bits per heavy atom. The fourth-order valence-electron chi connectivity index (χ4n) is 0.853. The van der Waals surface area contributed by atoms with E-state index in [-0.39, 0.29) is 11.3 Å². The molecule has 12 heavy (non-hydrogen) atoms. The van der Waals surface area contributed by atoms with E-state index in [1.165, 1.54) is 6.07 Å². The number of hydrogen-bond acceptors (Lipinski definition) is 3. The number of thiol groups is 1. The minimum absolute atomic E-state index is 0.120. The normalized spacial score (nSPS) is 9.83. The van der Waals surface area contributed by atoms with Crippen LogP contribution in [-0.2, 0) is 0 Å². The highest BCUT2D eigenvalue weighted by atomic mass is 32.1. The van der Waals surface area contributed by atoms with Crippen LogP contribution >= 0.6 is 12.6 Å². The third-order valence-corrected chi connectivity index (χ3v) is 2.15. The maximum absolute atomic E-state index is 10.5. The van der Waals surface area contributed by atoms with E-state index in [9.17, 15) is 9.90 Å². The van der Waals surface area contributed by atoms with Crippen LogP contribution in [0.5, 0.6) is 5.75 Å². The van der Waals surface area contributed by atoms with Gasteiger partial charge in [0.05, 0.1) is 0 Å². The second kappa shape index (κ2) is 3.06. The highest BCUT2D eigenvalue weighted by Gasteiger charge is 2.12. The molecule has 0 aromatic heterocycles. The number of rotatable bonds is 1. The lowest BCUT2D eigenvalue weighted by Crippen LogP contribution is -1.97. The zero-order valence-electron chi connectivity index (χ0n) is 6.40. The topological polar surface area (TPSA) is 57.5 Å². The largest absolute Gasteiger partial charge is 0.506 e. The van der Waals surface area contributed by atoms with Crippen molar-refractivity contribution in [1.29, 1.82) is 0 Å². The summed E-state index contributed by atoms with van der Waals surface area (Å²) in [7, 11) is 0. The fourth-order valence-corrected chi connectivity index (χ4v) is 1.05. The van der Waals surface area contributed by atoms with E-state index >= 15 is 0 Å². The molecule has 0 fully saturated rings. The molecule has 3 nitrogen and oxygen atoms in total. The van der Waals surface area contributed by atoms with Crippen LogP contribution in [0.3, 0.4) is 0 Å². The van der Waals surface area contributed by atoms with E-state index in [1.54, 1.807) is 13.0 Å². The molecule has 0 radical (unpaired) electrons. The number of aromatic carboxylic acids is 1. The summed E-state index contributed by atoms with van der Waals surface area (Å²) >= 11 is 3.96. The Kier molecular flexibility index (Phi) is 2.28. The molecular weight excluding hydrogens is 176 g/mol. The van der Waals surface area contributed by atoms with Crippen molar-refractivity contribution in [3.63, 3.8) is 0 Å². The van der Waals surface area contributed by atoms with E-state index in [4.69, 9.17) is 5.11 Å². The first-order valence-corrected chi connectivity index (χ1v) is 3.73. The van der Waals surface area contributed by atoms with Gasteiger partial charge in [-0.05, 0) is 18.6 Å². The first-order valence-electron chi connectivity index (χ1n) is 3.29. The van der Waals surface area contributed by atoms with Gasteiger partial charge in [0, 0.05) is 4.90 Å². The van der Waals surface area contributed by atoms with E-state index in [0.717, 1.165) is 5.56 Å². The molecule has 1 aromatic carbocycles. The Balaban J connectivity index is 3.36. The summed E-state index contributed by atoms with van der Waals surface area (Å²) in [6.45, 7) is 1.74. The Morgan fingerprint density at radius 2 is 2.08 bits per heavy atom. The molecule has 0 aliphatic heterocycles. The lowest BCUT2D eigenvalue weighted by molar-refractivity contribution is 0.0693. The van der Waals surface area contributed by atoms with Crippen molar-refractivity contribution in [2.45, 2.75) is 11.8 Å². The number of carbonyl (C=O) groups is 1. The molecule has 0 spiro atoms. The number of carboxylic acid groups (broad SMARTS) is 1. The molecule has 0 bridgehead atoms. The summed E-state index contributed by atoms with van der Waals surface area (Å²) < 4.78 is 0. The molecule has 0 unspecified atom stereocenters. The molecule has 0 aliphatic carbocycles. The van der Waals surface area contributed by atoms with Crippen molar-refractivity contribution in [2.24, 2.45) is 0 Å². The first-order chi connectivity index (χ1) is 5.54. The highest BCUT2D eigenvalue weighted by molar-refractivity contribution is 7.80. The molecule has 0 saturated carbocycles. The zero-order valence-corrected chi connectivity index (χ0v) is 7.30. The third-order valence-electron chi connectivity index (χ3n) is 1.58. The van der Waals surface area contributed by atoms with Crippen molar-refractivity contribution in [1.82, 2.24) is 0 Å². The molecule has 0 saturated heterocycles. The van der Waals surface area contributed by atoms with Gasteiger partial charge in [-0.25, -0.2) is 4.79 Å². The van der Waals surface area contributed by atoms with Gasteiger partial charge in [-0.15, -0.1) is 12.6 Å². The van der Waals surface area contributed by atoms with Crippen LogP contribution in [0, 0.1) is 6.92 Å². The van der Waals surface area contributed by atoms with Gasteiger partial charge in [0.2, 0.25) is 0 Å². The molecule has 0 atom stereocenters. The summed E-state index contributed by atoms with van der Waals surface area (Å²) in [4.78, 5) is 10.8. The van der Waals surface area contributed by atoms with Crippen molar-refractivity contribution in [3.05, 3.63) is 23.3 Å². The Hall–Kier alpha value is -1.16. The Labute approximate surface area is 75.1 Å². The van der Waals surface area contributed by atoms with Gasteiger partial charge in [-0.2, -0.15) is 0 Å². The van der Waals surface area contributed by atoms with Crippen LogP contribution in [0.15, 0.2) is 17.0 Å². The van der Waals surface area contributed by atoms with Crippen molar-refractivity contribution in [3.8, 4) is 5.75 Å². The average Bonchev–Trinajstić information content (AvgIpc) is 2.00. The smallest absolute Gasteiger partial charge is 0.339 e.